The van der Waals surface area contributed by atoms with Crippen molar-refractivity contribution in [3.8, 4) is 0 Å². The summed E-state index contributed by atoms with van der Waals surface area (Å²) >= 11 is 0. The number of hydrogen-bond acceptors (Lipinski definition) is 2. The third kappa shape index (κ3) is 4.14. The van der Waals surface area contributed by atoms with Gasteiger partial charge in [0.15, 0.2) is 0 Å². The van der Waals surface area contributed by atoms with Crippen molar-refractivity contribution in [2.75, 3.05) is 0 Å². The molecule has 2 nitrogen and oxygen atoms in total. The number of ether oxygens (including phenoxy) is 1. The predicted octanol–water partition coefficient (Wildman–Crippen LogP) is 4.54. The lowest BCUT2D eigenvalue weighted by Gasteiger charge is -2.18. The number of halogens is 5. The Morgan fingerprint density at radius 3 is 2.19 bits per heavy atom. The molecule has 0 aliphatic carbocycles. The van der Waals surface area contributed by atoms with Gasteiger partial charge in [0.05, 0.1) is 5.56 Å². The number of carbonyl (C=O) groups is 1. The van der Waals surface area contributed by atoms with E-state index in [9.17, 15) is 26.7 Å². The second-order valence-corrected chi connectivity index (χ2v) is 4.38. The van der Waals surface area contributed by atoms with Gasteiger partial charge in [0.1, 0.15) is 6.42 Å². The second-order valence-electron chi connectivity index (χ2n) is 4.38. The van der Waals surface area contributed by atoms with Gasteiger partial charge in [-0.1, -0.05) is 30.3 Å². The molecule has 0 radical (unpaired) electrons. The first-order chi connectivity index (χ1) is 9.66. The SMILES string of the molecule is O=C(OC(F)(F)CC(F)(F)F)c1ccc2ccccc2c1. The predicted molar refractivity (Wildman–Crippen MR) is 65.0 cm³/mol. The summed E-state index contributed by atoms with van der Waals surface area (Å²) in [7, 11) is 0. The van der Waals surface area contributed by atoms with Crippen molar-refractivity contribution in [3.63, 3.8) is 0 Å². The van der Waals surface area contributed by atoms with E-state index in [-0.39, 0.29) is 5.56 Å². The quantitative estimate of drug-likeness (QED) is 0.614. The molecule has 112 valence electrons. The van der Waals surface area contributed by atoms with Crippen LogP contribution in [0, 0.1) is 0 Å². The van der Waals surface area contributed by atoms with Crippen LogP contribution >= 0.6 is 0 Å². The maximum Gasteiger partial charge on any atom is 0.408 e. The van der Waals surface area contributed by atoms with E-state index in [4.69, 9.17) is 0 Å². The fourth-order valence-corrected chi connectivity index (χ4v) is 1.78. The van der Waals surface area contributed by atoms with Gasteiger partial charge in [0.25, 0.3) is 0 Å². The van der Waals surface area contributed by atoms with Crippen molar-refractivity contribution in [1.82, 2.24) is 0 Å². The fourth-order valence-electron chi connectivity index (χ4n) is 1.78. The normalized spacial score (nSPS) is 12.4. The minimum atomic E-state index is -5.13. The molecule has 2 aromatic rings. The van der Waals surface area contributed by atoms with Crippen LogP contribution in [-0.4, -0.2) is 18.3 Å². The summed E-state index contributed by atoms with van der Waals surface area (Å²) in [5.74, 6) is -1.50. The number of rotatable bonds is 3. The Balaban J connectivity index is 2.18. The van der Waals surface area contributed by atoms with E-state index in [0.29, 0.717) is 5.39 Å². The molecular formula is C14H9F5O2. The highest BCUT2D eigenvalue weighted by molar-refractivity contribution is 5.95. The van der Waals surface area contributed by atoms with E-state index < -0.39 is 24.7 Å². The van der Waals surface area contributed by atoms with E-state index in [1.165, 1.54) is 18.2 Å². The number of esters is 1. The van der Waals surface area contributed by atoms with Gasteiger partial charge in [-0.2, -0.15) is 22.0 Å². The summed E-state index contributed by atoms with van der Waals surface area (Å²) in [6, 6.07) is 10.8. The zero-order valence-corrected chi connectivity index (χ0v) is 10.5. The molecule has 0 saturated heterocycles. The minimum Gasteiger partial charge on any atom is -0.397 e. The molecule has 0 aliphatic rings. The third-order valence-electron chi connectivity index (χ3n) is 2.63. The Kier molecular flexibility index (Phi) is 3.85. The standard InChI is InChI=1S/C14H9F5O2/c15-13(16,17)8-14(18,19)21-12(20)11-6-5-9-3-1-2-4-10(9)7-11/h1-7H,8H2. The first kappa shape index (κ1) is 15.2. The molecule has 0 atom stereocenters. The Labute approximate surface area is 116 Å². The molecule has 0 unspecified atom stereocenters. The van der Waals surface area contributed by atoms with E-state index in [1.54, 1.807) is 24.3 Å². The van der Waals surface area contributed by atoms with Crippen LogP contribution in [0.3, 0.4) is 0 Å². The van der Waals surface area contributed by atoms with E-state index in [2.05, 4.69) is 4.74 Å². The Hall–Kier alpha value is -2.18. The zero-order valence-electron chi connectivity index (χ0n) is 10.5. The van der Waals surface area contributed by atoms with Crippen LogP contribution < -0.4 is 0 Å². The van der Waals surface area contributed by atoms with Gasteiger partial charge >= 0.3 is 18.3 Å². The monoisotopic (exact) mass is 304 g/mol. The van der Waals surface area contributed by atoms with Crippen LogP contribution in [0.4, 0.5) is 22.0 Å². The van der Waals surface area contributed by atoms with Crippen molar-refractivity contribution in [3.05, 3.63) is 48.0 Å². The van der Waals surface area contributed by atoms with Crippen LogP contribution in [-0.2, 0) is 4.74 Å². The summed E-state index contributed by atoms with van der Waals surface area (Å²) in [5.41, 5.74) is -0.240. The van der Waals surface area contributed by atoms with Crippen molar-refractivity contribution < 1.29 is 31.5 Å². The highest BCUT2D eigenvalue weighted by atomic mass is 19.4. The van der Waals surface area contributed by atoms with Gasteiger partial charge in [-0.05, 0) is 22.9 Å². The highest BCUT2D eigenvalue weighted by Crippen LogP contribution is 2.33. The lowest BCUT2D eigenvalue weighted by molar-refractivity contribution is -0.267. The molecule has 0 aliphatic heterocycles. The second kappa shape index (κ2) is 5.31. The number of fused-ring (bicyclic) bond motifs is 1. The van der Waals surface area contributed by atoms with Crippen LogP contribution in [0.2, 0.25) is 0 Å². The Bertz CT molecular complexity index is 664. The van der Waals surface area contributed by atoms with Gasteiger partial charge in [-0.15, -0.1) is 0 Å². The summed E-state index contributed by atoms with van der Waals surface area (Å²) < 4.78 is 65.5. The van der Waals surface area contributed by atoms with E-state index >= 15 is 0 Å². The molecule has 0 bridgehead atoms. The molecule has 7 heteroatoms. The maximum atomic E-state index is 13.0. The summed E-state index contributed by atoms with van der Waals surface area (Å²) in [6.07, 6.45) is -12.2. The van der Waals surface area contributed by atoms with E-state index in [1.807, 2.05) is 0 Å². The molecule has 0 saturated carbocycles. The molecule has 0 fully saturated rings. The summed E-state index contributed by atoms with van der Waals surface area (Å²) in [6.45, 7) is 0. The number of alkyl halides is 5. The van der Waals surface area contributed by atoms with Gasteiger partial charge < -0.3 is 4.74 Å². The van der Waals surface area contributed by atoms with Crippen LogP contribution in [0.25, 0.3) is 10.8 Å². The molecule has 0 heterocycles. The largest absolute Gasteiger partial charge is 0.408 e. The zero-order chi connectivity index (χ0) is 15.7. The van der Waals surface area contributed by atoms with Crippen molar-refractivity contribution >= 4 is 16.7 Å². The average Bonchev–Trinajstić information content (AvgIpc) is 2.34. The van der Waals surface area contributed by atoms with Crippen LogP contribution in [0.1, 0.15) is 16.8 Å². The molecule has 0 aromatic heterocycles. The molecule has 2 aromatic carbocycles. The first-order valence-electron chi connectivity index (χ1n) is 5.83. The highest BCUT2D eigenvalue weighted by Gasteiger charge is 2.47. The smallest absolute Gasteiger partial charge is 0.397 e. The maximum absolute atomic E-state index is 13.0. The first-order valence-corrected chi connectivity index (χ1v) is 5.83. The third-order valence-corrected chi connectivity index (χ3v) is 2.63. The molecule has 0 amide bonds. The summed E-state index contributed by atoms with van der Waals surface area (Å²) in [4.78, 5) is 11.5. The molecule has 0 N–H and O–H groups in total. The number of hydrogen-bond donors (Lipinski definition) is 0. The van der Waals surface area contributed by atoms with Gasteiger partial charge in [0, 0.05) is 0 Å². The number of benzene rings is 2. The number of carbonyl (C=O) groups excluding carboxylic acids is 1. The molecular weight excluding hydrogens is 295 g/mol. The van der Waals surface area contributed by atoms with Gasteiger partial charge in [0.2, 0.25) is 0 Å². The van der Waals surface area contributed by atoms with E-state index in [0.717, 1.165) is 5.39 Å². The van der Waals surface area contributed by atoms with Gasteiger partial charge in [-0.25, -0.2) is 4.79 Å². The molecule has 2 rings (SSSR count). The Morgan fingerprint density at radius 2 is 1.57 bits per heavy atom. The van der Waals surface area contributed by atoms with Crippen LogP contribution in [0.5, 0.6) is 0 Å². The van der Waals surface area contributed by atoms with Crippen LogP contribution in [0.15, 0.2) is 42.5 Å². The van der Waals surface area contributed by atoms with Crippen molar-refractivity contribution in [1.29, 1.82) is 0 Å². The topological polar surface area (TPSA) is 26.3 Å². The molecule has 21 heavy (non-hydrogen) atoms. The van der Waals surface area contributed by atoms with Crippen molar-refractivity contribution in [2.24, 2.45) is 0 Å². The summed E-state index contributed by atoms with van der Waals surface area (Å²) in [5, 5.41) is 1.35. The minimum absolute atomic E-state index is 0.240. The van der Waals surface area contributed by atoms with Gasteiger partial charge in [-0.3, -0.25) is 0 Å². The lowest BCUT2D eigenvalue weighted by Crippen LogP contribution is -2.31. The average molecular weight is 304 g/mol. The lowest BCUT2D eigenvalue weighted by atomic mass is 10.1. The van der Waals surface area contributed by atoms with Crippen molar-refractivity contribution in [2.45, 2.75) is 18.7 Å². The Morgan fingerprint density at radius 1 is 0.952 bits per heavy atom. The molecule has 0 spiro atoms. The fraction of sp³-hybridized carbons (Fsp3) is 0.214.